The summed E-state index contributed by atoms with van der Waals surface area (Å²) in [5, 5.41) is 9.72. The smallest absolute Gasteiger partial charge is 0.159 e. The van der Waals surface area contributed by atoms with E-state index in [1.165, 1.54) is 13.0 Å². The molecule has 6 heteroatoms. The van der Waals surface area contributed by atoms with Crippen LogP contribution in [0.5, 0.6) is 0 Å². The molecule has 4 nitrogen and oxygen atoms in total. The van der Waals surface area contributed by atoms with E-state index < -0.39 is 0 Å². The topological polar surface area (TPSA) is 63.1 Å². The van der Waals surface area contributed by atoms with E-state index in [0.29, 0.717) is 12.8 Å². The van der Waals surface area contributed by atoms with Crippen molar-refractivity contribution in [3.63, 3.8) is 0 Å². The summed E-state index contributed by atoms with van der Waals surface area (Å²) in [5.74, 6) is -0.0879. The van der Waals surface area contributed by atoms with Gasteiger partial charge in [-0.05, 0) is 118 Å². The van der Waals surface area contributed by atoms with E-state index in [2.05, 4.69) is 159 Å². The van der Waals surface area contributed by atoms with E-state index in [-0.39, 0.29) is 11.5 Å². The average molecular weight is 883 g/mol. The minimum Gasteiger partial charge on any atom is -0.512 e. The number of allylic oxidation sites excluding steroid dienone is 2. The third-order valence-electron chi connectivity index (χ3n) is 10.1. The molecule has 8 rings (SSSR count). The number of nitrogens with zero attached hydrogens (tertiary/aromatic N) is 2. The minimum atomic E-state index is -0.105. The highest BCUT2D eigenvalue weighted by Crippen LogP contribution is 2.41. The first kappa shape index (κ1) is 38.7. The van der Waals surface area contributed by atoms with Gasteiger partial charge in [0.1, 0.15) is 0 Å². The maximum Gasteiger partial charge on any atom is 0.159 e. The fraction of sp³-hybridized carbons (Fsp3) is 0.0577. The number of hydrogen-bond acceptors (Lipinski definition) is 4. The predicted octanol–water partition coefficient (Wildman–Crippen LogP) is 14.6. The molecule has 0 radical (unpaired) electrons. The Bertz CT molecular complexity index is 2640. The van der Waals surface area contributed by atoms with Crippen molar-refractivity contribution in [3.8, 4) is 78.1 Å². The number of rotatable bonds is 11. The zero-order valence-electron chi connectivity index (χ0n) is 31.7. The monoisotopic (exact) mass is 880 g/mol. The number of ketones is 1. The van der Waals surface area contributed by atoms with Gasteiger partial charge in [-0.2, -0.15) is 0 Å². The third-order valence-corrected chi connectivity index (χ3v) is 11.1. The van der Waals surface area contributed by atoms with E-state index in [0.717, 1.165) is 92.7 Å². The SMILES string of the molecule is CC(O)=CC(=O)CCc1ccccc1-c1cc(-c2ccccc2-c2ccc(-c3cccc(Br)c3)nc2)cc(-c2ccccc2-c2ccc(-c3cccc(Br)c3)nc2)c1. The first-order chi connectivity index (χ1) is 28.3. The molecule has 282 valence electrons. The van der Waals surface area contributed by atoms with Crippen molar-refractivity contribution in [1.29, 1.82) is 0 Å². The highest BCUT2D eigenvalue weighted by molar-refractivity contribution is 9.10. The number of aromatic nitrogens is 2. The Morgan fingerprint density at radius 3 is 1.36 bits per heavy atom. The normalized spacial score (nSPS) is 11.4. The van der Waals surface area contributed by atoms with Crippen molar-refractivity contribution in [2.24, 2.45) is 0 Å². The van der Waals surface area contributed by atoms with Crippen LogP contribution in [0.4, 0.5) is 0 Å². The molecule has 0 aliphatic heterocycles. The van der Waals surface area contributed by atoms with Crippen LogP contribution < -0.4 is 0 Å². The van der Waals surface area contributed by atoms with E-state index in [1.807, 2.05) is 48.8 Å². The van der Waals surface area contributed by atoms with Gasteiger partial charge in [0.15, 0.2) is 5.78 Å². The molecule has 0 saturated heterocycles. The number of aliphatic hydroxyl groups excluding tert-OH is 1. The molecule has 2 aromatic heterocycles. The molecule has 0 aliphatic rings. The third kappa shape index (κ3) is 8.84. The summed E-state index contributed by atoms with van der Waals surface area (Å²) in [7, 11) is 0. The number of aliphatic hydroxyl groups is 1. The van der Waals surface area contributed by atoms with Gasteiger partial charge in [0.25, 0.3) is 0 Å². The van der Waals surface area contributed by atoms with Gasteiger partial charge in [-0.15, -0.1) is 0 Å². The van der Waals surface area contributed by atoms with Crippen LogP contribution in [0, 0.1) is 0 Å². The number of carbonyl (C=O) groups is 1. The number of hydrogen-bond donors (Lipinski definition) is 1. The summed E-state index contributed by atoms with van der Waals surface area (Å²) in [6.45, 7) is 1.52. The van der Waals surface area contributed by atoms with Gasteiger partial charge in [-0.1, -0.05) is 141 Å². The first-order valence-electron chi connectivity index (χ1n) is 19.1. The van der Waals surface area contributed by atoms with Crippen molar-refractivity contribution in [3.05, 3.63) is 203 Å². The molecular weight excluding hydrogens is 844 g/mol. The standard InChI is InChI=1S/C52H38Br2N2O2/c1-34(57)26-45(58)23-20-35-10-2-3-15-46(35)40-27-41(49-18-6-4-16-47(49)38-21-24-51(55-32-38)36-11-8-13-43(53)30-36)29-42(28-40)50-19-7-5-17-48(50)39-22-25-52(56-33-39)37-12-9-14-44(54)31-37/h2-19,21-22,24-33,57H,20,23H2,1H3. The van der Waals surface area contributed by atoms with Crippen LogP contribution in [0.25, 0.3) is 78.1 Å². The fourth-order valence-electron chi connectivity index (χ4n) is 7.39. The maximum atomic E-state index is 12.7. The summed E-state index contributed by atoms with van der Waals surface area (Å²) in [6.07, 6.45) is 6.04. The van der Waals surface area contributed by atoms with Crippen molar-refractivity contribution in [2.45, 2.75) is 19.8 Å². The highest BCUT2D eigenvalue weighted by atomic mass is 79.9. The Hall–Kier alpha value is -6.21. The summed E-state index contributed by atoms with van der Waals surface area (Å²) < 4.78 is 2.02. The van der Waals surface area contributed by atoms with Crippen molar-refractivity contribution in [1.82, 2.24) is 9.97 Å². The van der Waals surface area contributed by atoms with E-state index >= 15 is 0 Å². The van der Waals surface area contributed by atoms with E-state index in [1.54, 1.807) is 0 Å². The second-order valence-electron chi connectivity index (χ2n) is 14.2. The number of halogens is 2. The van der Waals surface area contributed by atoms with Crippen LogP contribution in [-0.2, 0) is 11.2 Å². The molecule has 0 amide bonds. The molecule has 1 N–H and O–H groups in total. The molecule has 8 aromatic rings. The fourth-order valence-corrected chi connectivity index (χ4v) is 8.19. The van der Waals surface area contributed by atoms with Gasteiger partial charge in [-0.25, -0.2) is 0 Å². The maximum absolute atomic E-state index is 12.7. The molecule has 0 unspecified atom stereocenters. The molecule has 0 saturated carbocycles. The van der Waals surface area contributed by atoms with Gasteiger partial charge in [-0.3, -0.25) is 14.8 Å². The second-order valence-corrected chi connectivity index (χ2v) is 16.0. The average Bonchev–Trinajstić information content (AvgIpc) is 3.25. The number of carbonyl (C=O) groups excluding carboxylic acids is 1. The Morgan fingerprint density at radius 1 is 0.500 bits per heavy atom. The molecule has 0 aliphatic carbocycles. The Balaban J connectivity index is 1.25. The lowest BCUT2D eigenvalue weighted by atomic mass is 9.86. The largest absolute Gasteiger partial charge is 0.512 e. The summed E-state index contributed by atoms with van der Waals surface area (Å²) in [6, 6.07) is 56.8. The summed E-state index contributed by atoms with van der Waals surface area (Å²) in [5.41, 5.74) is 15.5. The number of aryl methyl sites for hydroxylation is 1. The van der Waals surface area contributed by atoms with Crippen LogP contribution in [0.15, 0.2) is 197 Å². The molecule has 2 heterocycles. The van der Waals surface area contributed by atoms with Gasteiger partial charge in [0.2, 0.25) is 0 Å². The lowest BCUT2D eigenvalue weighted by Crippen LogP contribution is -1.99. The molecule has 58 heavy (non-hydrogen) atoms. The molecule has 6 aromatic carbocycles. The Kier molecular flexibility index (Phi) is 11.7. The lowest BCUT2D eigenvalue weighted by molar-refractivity contribution is -0.114. The quantitative estimate of drug-likeness (QED) is 0.104. The Morgan fingerprint density at radius 2 is 0.931 bits per heavy atom. The second kappa shape index (κ2) is 17.5. The lowest BCUT2D eigenvalue weighted by Gasteiger charge is -2.18. The van der Waals surface area contributed by atoms with Crippen molar-refractivity contribution < 1.29 is 9.90 Å². The molecule has 0 fully saturated rings. The first-order valence-corrected chi connectivity index (χ1v) is 20.6. The van der Waals surface area contributed by atoms with Crippen molar-refractivity contribution in [2.75, 3.05) is 0 Å². The van der Waals surface area contributed by atoms with E-state index in [9.17, 15) is 9.90 Å². The molecule has 0 spiro atoms. The minimum absolute atomic E-state index is 0.0175. The van der Waals surface area contributed by atoms with E-state index in [4.69, 9.17) is 9.97 Å². The van der Waals surface area contributed by atoms with Crippen LogP contribution in [0.1, 0.15) is 18.9 Å². The van der Waals surface area contributed by atoms with Gasteiger partial charge >= 0.3 is 0 Å². The zero-order chi connectivity index (χ0) is 40.0. The number of benzene rings is 6. The summed E-state index contributed by atoms with van der Waals surface area (Å²) >= 11 is 7.18. The van der Waals surface area contributed by atoms with Gasteiger partial charge in [0.05, 0.1) is 17.1 Å². The van der Waals surface area contributed by atoms with Crippen LogP contribution in [0.2, 0.25) is 0 Å². The van der Waals surface area contributed by atoms with Crippen LogP contribution in [0.3, 0.4) is 0 Å². The predicted molar refractivity (Wildman–Crippen MR) is 245 cm³/mol. The molecule has 0 bridgehead atoms. The zero-order valence-corrected chi connectivity index (χ0v) is 34.9. The molecular formula is C52H38Br2N2O2. The van der Waals surface area contributed by atoms with Gasteiger partial charge < -0.3 is 5.11 Å². The van der Waals surface area contributed by atoms with Gasteiger partial charge in [0, 0.05) is 56.1 Å². The van der Waals surface area contributed by atoms with Crippen molar-refractivity contribution >= 4 is 37.6 Å². The summed E-state index contributed by atoms with van der Waals surface area (Å²) in [4.78, 5) is 22.5. The molecule has 0 atom stereocenters. The number of pyridine rings is 2. The Labute approximate surface area is 355 Å². The van der Waals surface area contributed by atoms with Crippen LogP contribution >= 0.6 is 31.9 Å². The highest BCUT2D eigenvalue weighted by Gasteiger charge is 2.17. The van der Waals surface area contributed by atoms with Crippen LogP contribution in [-0.4, -0.2) is 20.9 Å².